The van der Waals surface area contributed by atoms with Gasteiger partial charge in [0.25, 0.3) is 0 Å². The maximum atomic E-state index is 6.63. The van der Waals surface area contributed by atoms with Crippen molar-refractivity contribution in [3.63, 3.8) is 0 Å². The fourth-order valence-electron chi connectivity index (χ4n) is 7.91. The molecule has 6 nitrogen and oxygen atoms in total. The van der Waals surface area contributed by atoms with Gasteiger partial charge in [-0.05, 0) is 76.9 Å². The summed E-state index contributed by atoms with van der Waals surface area (Å²) in [5, 5.41) is 2.22. The lowest BCUT2D eigenvalue weighted by Crippen LogP contribution is -2.15. The molecule has 0 radical (unpaired) electrons. The number of nitrogens with zero attached hydrogens (tertiary/aromatic N) is 5. The van der Waals surface area contributed by atoms with Gasteiger partial charge in [0, 0.05) is 27.6 Å². The molecule has 57 heavy (non-hydrogen) atoms. The molecule has 268 valence electrons. The summed E-state index contributed by atoms with van der Waals surface area (Å²) in [4.78, 5) is 17.4. The summed E-state index contributed by atoms with van der Waals surface area (Å²) in [7, 11) is 0. The zero-order valence-corrected chi connectivity index (χ0v) is 30.7. The summed E-state index contributed by atoms with van der Waals surface area (Å²) < 4.78 is 8.79. The maximum Gasteiger partial charge on any atom is 0.238 e. The zero-order chi connectivity index (χ0) is 37.7. The molecule has 0 bridgehead atoms. The maximum absolute atomic E-state index is 6.63. The number of fused-ring (bicyclic) bond motifs is 5. The molecule has 1 aliphatic rings. The molecule has 0 spiro atoms. The highest BCUT2D eigenvalue weighted by Crippen LogP contribution is 2.51. The Morgan fingerprint density at radius 1 is 0.351 bits per heavy atom. The lowest BCUT2D eigenvalue weighted by atomic mass is 10.0. The van der Waals surface area contributed by atoms with Gasteiger partial charge in [-0.25, -0.2) is 4.98 Å². The summed E-state index contributed by atoms with van der Waals surface area (Å²) in [6.45, 7) is 0. The van der Waals surface area contributed by atoms with Crippen LogP contribution in [0.15, 0.2) is 200 Å². The molecular weight excluding hydrogens is 699 g/mol. The van der Waals surface area contributed by atoms with E-state index in [9.17, 15) is 0 Å². The molecule has 0 saturated heterocycles. The molecule has 1 aliphatic heterocycles. The fourth-order valence-corrected chi connectivity index (χ4v) is 7.91. The molecule has 0 amide bonds. The molecule has 10 aromatic rings. The van der Waals surface area contributed by atoms with Gasteiger partial charge in [-0.1, -0.05) is 146 Å². The number of anilines is 3. The van der Waals surface area contributed by atoms with Crippen LogP contribution in [0.2, 0.25) is 0 Å². The molecule has 0 fully saturated rings. The first-order valence-corrected chi connectivity index (χ1v) is 19.0. The average molecular weight is 732 g/mol. The Labute approximate surface area is 329 Å². The number of benzene rings is 8. The van der Waals surface area contributed by atoms with Gasteiger partial charge in [0.05, 0.1) is 22.4 Å². The van der Waals surface area contributed by atoms with E-state index in [4.69, 9.17) is 19.7 Å². The van der Waals surface area contributed by atoms with Crippen molar-refractivity contribution < 1.29 is 4.74 Å². The van der Waals surface area contributed by atoms with Gasteiger partial charge in [-0.3, -0.25) is 4.57 Å². The minimum atomic E-state index is 0.569. The van der Waals surface area contributed by atoms with Crippen LogP contribution < -0.4 is 9.64 Å². The summed E-state index contributed by atoms with van der Waals surface area (Å²) in [6.07, 6.45) is 0. The van der Waals surface area contributed by atoms with Gasteiger partial charge in [0.1, 0.15) is 0 Å². The van der Waals surface area contributed by atoms with Crippen LogP contribution in [0, 0.1) is 0 Å². The zero-order valence-electron chi connectivity index (χ0n) is 30.7. The van der Waals surface area contributed by atoms with Crippen molar-refractivity contribution in [2.24, 2.45) is 0 Å². The number of hydrogen-bond donors (Lipinski definition) is 0. The molecule has 11 rings (SSSR count). The Hall–Kier alpha value is -7.83. The molecular formula is C51H33N5O. The minimum absolute atomic E-state index is 0.569. The first-order valence-electron chi connectivity index (χ1n) is 19.0. The summed E-state index contributed by atoms with van der Waals surface area (Å²) in [5.74, 6) is 3.43. The highest BCUT2D eigenvalue weighted by molar-refractivity contribution is 6.10. The van der Waals surface area contributed by atoms with E-state index in [-0.39, 0.29) is 0 Å². The Morgan fingerprint density at radius 3 is 1.60 bits per heavy atom. The molecule has 0 atom stereocenters. The van der Waals surface area contributed by atoms with Crippen LogP contribution in [-0.4, -0.2) is 19.5 Å². The van der Waals surface area contributed by atoms with Gasteiger partial charge < -0.3 is 9.64 Å². The van der Waals surface area contributed by atoms with Crippen LogP contribution in [0.4, 0.5) is 17.1 Å². The van der Waals surface area contributed by atoms with Gasteiger partial charge >= 0.3 is 0 Å². The van der Waals surface area contributed by atoms with E-state index in [1.165, 1.54) is 11.1 Å². The van der Waals surface area contributed by atoms with Crippen molar-refractivity contribution in [3.05, 3.63) is 200 Å². The lowest BCUT2D eigenvalue weighted by molar-refractivity contribution is 0.477. The molecule has 0 N–H and O–H groups in total. The van der Waals surface area contributed by atoms with Gasteiger partial charge in [-0.15, -0.1) is 0 Å². The first-order chi connectivity index (χ1) is 28.2. The summed E-state index contributed by atoms with van der Waals surface area (Å²) in [6, 6.07) is 69.2. The number of rotatable bonds is 6. The van der Waals surface area contributed by atoms with Crippen molar-refractivity contribution in [2.45, 2.75) is 0 Å². The predicted molar refractivity (Wildman–Crippen MR) is 231 cm³/mol. The fraction of sp³-hybridized carbons (Fsp3) is 0. The van der Waals surface area contributed by atoms with Crippen molar-refractivity contribution in [3.8, 4) is 62.5 Å². The molecule has 0 aliphatic carbocycles. The first kappa shape index (κ1) is 32.6. The predicted octanol–water partition coefficient (Wildman–Crippen LogP) is 13.2. The van der Waals surface area contributed by atoms with E-state index in [0.29, 0.717) is 17.6 Å². The minimum Gasteiger partial charge on any atom is -0.453 e. The monoisotopic (exact) mass is 731 g/mol. The van der Waals surface area contributed by atoms with Crippen molar-refractivity contribution in [2.75, 3.05) is 4.90 Å². The highest BCUT2D eigenvalue weighted by Gasteiger charge is 2.26. The average Bonchev–Trinajstić information content (AvgIpc) is 3.62. The SMILES string of the molecule is c1ccc(-c2ccc(N3c4ccccc4Oc4cc(-c5ccc6c(c5)c5ccccc5n6-c5nc(-c6ccccc6)nc(-c6ccccc6)n5)ccc43)cc2)cc1. The van der Waals surface area contributed by atoms with E-state index in [2.05, 4.69) is 131 Å². The van der Waals surface area contributed by atoms with Crippen LogP contribution >= 0.6 is 0 Å². The molecule has 6 heteroatoms. The molecule has 3 heterocycles. The quantitative estimate of drug-likeness (QED) is 0.170. The molecule has 0 saturated carbocycles. The Balaban J connectivity index is 1.02. The summed E-state index contributed by atoms with van der Waals surface area (Å²) in [5.41, 5.74) is 11.5. The van der Waals surface area contributed by atoms with Crippen LogP contribution in [-0.2, 0) is 0 Å². The van der Waals surface area contributed by atoms with Gasteiger partial charge in [0.15, 0.2) is 23.1 Å². The highest BCUT2D eigenvalue weighted by atomic mass is 16.5. The third-order valence-electron chi connectivity index (χ3n) is 10.7. The second kappa shape index (κ2) is 13.5. The van der Waals surface area contributed by atoms with E-state index in [0.717, 1.165) is 72.6 Å². The summed E-state index contributed by atoms with van der Waals surface area (Å²) >= 11 is 0. The van der Waals surface area contributed by atoms with E-state index >= 15 is 0 Å². The normalized spacial score (nSPS) is 12.0. The van der Waals surface area contributed by atoms with Gasteiger partial charge in [0.2, 0.25) is 5.95 Å². The van der Waals surface area contributed by atoms with E-state index in [1.54, 1.807) is 0 Å². The molecule has 2 aromatic heterocycles. The van der Waals surface area contributed by atoms with Crippen molar-refractivity contribution >= 4 is 38.9 Å². The van der Waals surface area contributed by atoms with Crippen LogP contribution in [0.5, 0.6) is 11.5 Å². The standard InChI is InChI=1S/C51H33N5O/c1-4-14-34(15-5-1)35-24-28-40(29-25-35)55-45-22-12-13-23-47(45)57-48-33-39(27-31-46(48)55)38-26-30-44-42(32-38)41-20-10-11-21-43(41)56(44)51-53-49(36-16-6-2-7-17-36)52-50(54-51)37-18-8-3-9-19-37/h1-33H. The number of para-hydroxylation sites is 3. The second-order valence-corrected chi connectivity index (χ2v) is 14.1. The Kier molecular flexibility index (Phi) is 7.71. The number of ether oxygens (including phenoxy) is 1. The Bertz CT molecular complexity index is 3030. The largest absolute Gasteiger partial charge is 0.453 e. The van der Waals surface area contributed by atoms with E-state index in [1.807, 2.05) is 78.9 Å². The molecule has 8 aromatic carbocycles. The molecule has 0 unspecified atom stereocenters. The third-order valence-corrected chi connectivity index (χ3v) is 10.7. The lowest BCUT2D eigenvalue weighted by Gasteiger charge is -2.33. The topological polar surface area (TPSA) is 56.1 Å². The third kappa shape index (κ3) is 5.70. The van der Waals surface area contributed by atoms with Crippen LogP contribution in [0.1, 0.15) is 0 Å². The van der Waals surface area contributed by atoms with Crippen molar-refractivity contribution in [1.29, 1.82) is 0 Å². The van der Waals surface area contributed by atoms with Crippen LogP contribution in [0.25, 0.3) is 72.8 Å². The van der Waals surface area contributed by atoms with Crippen LogP contribution in [0.3, 0.4) is 0 Å². The second-order valence-electron chi connectivity index (χ2n) is 14.1. The number of aromatic nitrogens is 4. The number of hydrogen-bond acceptors (Lipinski definition) is 5. The Morgan fingerprint density at radius 2 is 0.877 bits per heavy atom. The van der Waals surface area contributed by atoms with Gasteiger partial charge in [-0.2, -0.15) is 9.97 Å². The van der Waals surface area contributed by atoms with E-state index < -0.39 is 0 Å². The smallest absolute Gasteiger partial charge is 0.238 e. The van der Waals surface area contributed by atoms with Crippen molar-refractivity contribution in [1.82, 2.24) is 19.5 Å².